The van der Waals surface area contributed by atoms with Crippen molar-refractivity contribution in [3.8, 4) is 0 Å². The van der Waals surface area contributed by atoms with Gasteiger partial charge in [-0.2, -0.15) is 0 Å². The van der Waals surface area contributed by atoms with Crippen LogP contribution in [0, 0.1) is 5.92 Å². The van der Waals surface area contributed by atoms with Crippen LogP contribution in [0.5, 0.6) is 0 Å². The van der Waals surface area contributed by atoms with Crippen LogP contribution in [-0.2, 0) is 0 Å². The predicted molar refractivity (Wildman–Crippen MR) is 91.1 cm³/mol. The quantitative estimate of drug-likeness (QED) is 0.792. The highest BCUT2D eigenvalue weighted by molar-refractivity contribution is 8.00. The first-order chi connectivity index (χ1) is 10.6. The van der Waals surface area contributed by atoms with E-state index in [2.05, 4.69) is 24.4 Å². The maximum atomic E-state index is 12.1. The molecule has 1 saturated carbocycles. The summed E-state index contributed by atoms with van der Waals surface area (Å²) < 4.78 is 0. The molecule has 22 heavy (non-hydrogen) atoms. The first-order valence-electron chi connectivity index (χ1n) is 7.95. The van der Waals surface area contributed by atoms with Crippen molar-refractivity contribution in [2.24, 2.45) is 5.92 Å². The highest BCUT2D eigenvalue weighted by Gasteiger charge is 2.27. The molecule has 3 unspecified atom stereocenters. The Bertz CT molecular complexity index is 469. The van der Waals surface area contributed by atoms with Gasteiger partial charge >= 0.3 is 6.03 Å². The van der Waals surface area contributed by atoms with Crippen molar-refractivity contribution in [1.82, 2.24) is 10.2 Å². The molecular weight excluding hydrogens is 296 g/mol. The zero-order valence-corrected chi connectivity index (χ0v) is 14.2. The van der Waals surface area contributed by atoms with Crippen molar-refractivity contribution in [2.45, 2.75) is 42.4 Å². The van der Waals surface area contributed by atoms with Crippen molar-refractivity contribution in [1.29, 1.82) is 0 Å². The molecule has 1 fully saturated rings. The van der Waals surface area contributed by atoms with E-state index in [0.717, 1.165) is 19.3 Å². The fraction of sp³-hybridized carbons (Fsp3) is 0.588. The number of aliphatic hydroxyl groups excluding tert-OH is 1. The number of carbonyl (C=O) groups is 1. The van der Waals surface area contributed by atoms with Gasteiger partial charge in [0.1, 0.15) is 0 Å². The third-order valence-corrected chi connectivity index (χ3v) is 5.21. The van der Waals surface area contributed by atoms with Crippen LogP contribution in [0.25, 0.3) is 0 Å². The molecule has 4 nitrogen and oxygen atoms in total. The van der Waals surface area contributed by atoms with Crippen molar-refractivity contribution in [3.05, 3.63) is 30.3 Å². The molecule has 0 bridgehead atoms. The Morgan fingerprint density at radius 3 is 2.77 bits per heavy atom. The maximum absolute atomic E-state index is 12.1. The first-order valence-corrected chi connectivity index (χ1v) is 8.83. The molecule has 0 aliphatic heterocycles. The van der Waals surface area contributed by atoms with Crippen LogP contribution in [0.2, 0.25) is 0 Å². The second kappa shape index (κ2) is 8.44. The summed E-state index contributed by atoms with van der Waals surface area (Å²) in [5.41, 5.74) is 0. The topological polar surface area (TPSA) is 52.6 Å². The van der Waals surface area contributed by atoms with E-state index in [1.165, 1.54) is 4.90 Å². The van der Waals surface area contributed by atoms with Gasteiger partial charge in [-0.3, -0.25) is 0 Å². The normalized spacial score (nSPS) is 22.3. The standard InChI is InChI=1S/C17H26N2O2S/c1-13(22-15-8-4-3-5-9-15)11-18-17(21)19(2)12-14-7-6-10-16(14)20/h3-5,8-9,13-14,16,20H,6-7,10-12H2,1-2H3,(H,18,21). The maximum Gasteiger partial charge on any atom is 0.317 e. The van der Waals surface area contributed by atoms with Crippen LogP contribution >= 0.6 is 11.8 Å². The molecule has 0 heterocycles. The van der Waals surface area contributed by atoms with Gasteiger partial charge in [0.25, 0.3) is 0 Å². The molecule has 1 aromatic carbocycles. The van der Waals surface area contributed by atoms with Gasteiger partial charge in [0.15, 0.2) is 0 Å². The minimum absolute atomic E-state index is 0.0559. The predicted octanol–water partition coefficient (Wildman–Crippen LogP) is 2.97. The number of rotatable bonds is 6. The van der Waals surface area contributed by atoms with E-state index in [1.54, 1.807) is 23.7 Å². The van der Waals surface area contributed by atoms with Crippen LogP contribution in [0.15, 0.2) is 35.2 Å². The number of thioether (sulfide) groups is 1. The molecule has 2 N–H and O–H groups in total. The summed E-state index contributed by atoms with van der Waals surface area (Å²) >= 11 is 1.76. The van der Waals surface area contributed by atoms with Gasteiger partial charge in [-0.1, -0.05) is 31.5 Å². The molecule has 1 aromatic rings. The summed E-state index contributed by atoms with van der Waals surface area (Å²) in [6, 6.07) is 10.2. The number of carbonyl (C=O) groups excluding carboxylic acids is 1. The summed E-state index contributed by atoms with van der Waals surface area (Å²) in [4.78, 5) is 15.0. The SMILES string of the molecule is CC(CNC(=O)N(C)CC1CCCC1O)Sc1ccccc1. The van der Waals surface area contributed by atoms with Gasteiger partial charge in [-0.05, 0) is 25.0 Å². The van der Waals surface area contributed by atoms with E-state index in [9.17, 15) is 9.90 Å². The molecule has 2 rings (SSSR count). The number of amides is 2. The van der Waals surface area contributed by atoms with Crippen molar-refractivity contribution in [2.75, 3.05) is 20.1 Å². The summed E-state index contributed by atoms with van der Waals surface area (Å²) in [6.07, 6.45) is 2.69. The number of aliphatic hydroxyl groups is 1. The van der Waals surface area contributed by atoms with Crippen molar-refractivity contribution < 1.29 is 9.90 Å². The molecule has 0 spiro atoms. The molecule has 3 atom stereocenters. The number of nitrogens with one attached hydrogen (secondary N) is 1. The third kappa shape index (κ3) is 5.21. The van der Waals surface area contributed by atoms with E-state index in [0.29, 0.717) is 18.3 Å². The van der Waals surface area contributed by atoms with Gasteiger partial charge in [0, 0.05) is 36.2 Å². The van der Waals surface area contributed by atoms with Crippen LogP contribution < -0.4 is 5.32 Å². The van der Waals surface area contributed by atoms with Crippen LogP contribution in [-0.4, -0.2) is 47.5 Å². The Labute approximate surface area is 137 Å². The first kappa shape index (κ1) is 17.2. The smallest absolute Gasteiger partial charge is 0.317 e. The van der Waals surface area contributed by atoms with Crippen LogP contribution in [0.4, 0.5) is 4.79 Å². The largest absolute Gasteiger partial charge is 0.393 e. The summed E-state index contributed by atoms with van der Waals surface area (Å²) in [7, 11) is 1.80. The molecular formula is C17H26N2O2S. The lowest BCUT2D eigenvalue weighted by molar-refractivity contribution is 0.114. The van der Waals surface area contributed by atoms with E-state index in [-0.39, 0.29) is 18.1 Å². The highest BCUT2D eigenvalue weighted by atomic mass is 32.2. The molecule has 0 saturated heterocycles. The van der Waals surface area contributed by atoms with E-state index >= 15 is 0 Å². The molecule has 0 radical (unpaired) electrons. The number of hydrogen-bond donors (Lipinski definition) is 2. The van der Waals surface area contributed by atoms with Gasteiger partial charge in [-0.15, -0.1) is 11.8 Å². The number of urea groups is 1. The average Bonchev–Trinajstić information content (AvgIpc) is 2.91. The Kier molecular flexibility index (Phi) is 6.58. The average molecular weight is 322 g/mol. The van der Waals surface area contributed by atoms with E-state index < -0.39 is 0 Å². The zero-order valence-electron chi connectivity index (χ0n) is 13.4. The van der Waals surface area contributed by atoms with Gasteiger partial charge in [0.05, 0.1) is 6.10 Å². The van der Waals surface area contributed by atoms with Crippen LogP contribution in [0.1, 0.15) is 26.2 Å². The summed E-state index contributed by atoms with van der Waals surface area (Å²) in [5.74, 6) is 0.229. The molecule has 2 amide bonds. The Morgan fingerprint density at radius 1 is 1.41 bits per heavy atom. The molecule has 1 aliphatic carbocycles. The lowest BCUT2D eigenvalue weighted by Gasteiger charge is -2.24. The number of hydrogen-bond acceptors (Lipinski definition) is 3. The molecule has 1 aliphatic rings. The van der Waals surface area contributed by atoms with Crippen molar-refractivity contribution >= 4 is 17.8 Å². The minimum atomic E-state index is -0.247. The molecule has 0 aromatic heterocycles. The molecule has 122 valence electrons. The second-order valence-electron chi connectivity index (χ2n) is 6.07. The Hall–Kier alpha value is -1.20. The second-order valence-corrected chi connectivity index (χ2v) is 7.58. The minimum Gasteiger partial charge on any atom is -0.393 e. The third-order valence-electron chi connectivity index (χ3n) is 4.10. The fourth-order valence-electron chi connectivity index (χ4n) is 2.80. The van der Waals surface area contributed by atoms with Gasteiger partial charge in [-0.25, -0.2) is 4.79 Å². The van der Waals surface area contributed by atoms with Gasteiger partial charge < -0.3 is 15.3 Å². The zero-order chi connectivity index (χ0) is 15.9. The monoisotopic (exact) mass is 322 g/mol. The van der Waals surface area contributed by atoms with E-state index in [1.807, 2.05) is 18.2 Å². The Balaban J connectivity index is 1.70. The lowest BCUT2D eigenvalue weighted by atomic mass is 10.1. The highest BCUT2D eigenvalue weighted by Crippen LogP contribution is 2.26. The molecule has 5 heteroatoms. The van der Waals surface area contributed by atoms with Gasteiger partial charge in [0.2, 0.25) is 0 Å². The fourth-order valence-corrected chi connectivity index (χ4v) is 3.75. The number of benzene rings is 1. The van der Waals surface area contributed by atoms with Crippen LogP contribution in [0.3, 0.4) is 0 Å². The number of nitrogens with zero attached hydrogens (tertiary/aromatic N) is 1. The summed E-state index contributed by atoms with van der Waals surface area (Å²) in [6.45, 7) is 3.38. The Morgan fingerprint density at radius 2 is 2.14 bits per heavy atom. The van der Waals surface area contributed by atoms with Crippen molar-refractivity contribution in [3.63, 3.8) is 0 Å². The lowest BCUT2D eigenvalue weighted by Crippen LogP contribution is -2.42. The van der Waals surface area contributed by atoms with E-state index in [4.69, 9.17) is 0 Å². The summed E-state index contributed by atoms with van der Waals surface area (Å²) in [5, 5.41) is 13.1.